The van der Waals surface area contributed by atoms with Crippen molar-refractivity contribution in [3.8, 4) is 11.8 Å². The average molecular weight is 214 g/mol. The molecule has 0 bridgehead atoms. The lowest BCUT2D eigenvalue weighted by Crippen LogP contribution is -2.26. The zero-order chi connectivity index (χ0) is 11.4. The monoisotopic (exact) mass is 214 g/mol. The van der Waals surface area contributed by atoms with Gasteiger partial charge in [0.25, 0.3) is 0 Å². The van der Waals surface area contributed by atoms with Crippen LogP contribution in [-0.4, -0.2) is 34.5 Å². The van der Waals surface area contributed by atoms with Crippen LogP contribution < -0.4 is 5.32 Å². The number of rotatable bonds is 3. The van der Waals surface area contributed by atoms with Gasteiger partial charge in [0.05, 0.1) is 7.11 Å². The van der Waals surface area contributed by atoms with Gasteiger partial charge < -0.3 is 20.3 Å². The number of nitrogens with zero attached hydrogens (tertiary/aromatic N) is 1. The molecule has 15 heavy (non-hydrogen) atoms. The van der Waals surface area contributed by atoms with Gasteiger partial charge in [0.1, 0.15) is 0 Å². The fourth-order valence-electron chi connectivity index (χ4n) is 1.22. The molecule has 1 amide bonds. The molecule has 0 radical (unpaired) electrons. The van der Waals surface area contributed by atoms with Crippen LogP contribution in [0.1, 0.15) is 5.56 Å². The van der Waals surface area contributed by atoms with Crippen LogP contribution in [0, 0.1) is 6.92 Å². The highest BCUT2D eigenvalue weighted by molar-refractivity contribution is 5.66. The quantitative estimate of drug-likeness (QED) is 0.686. The van der Waals surface area contributed by atoms with Crippen molar-refractivity contribution in [1.82, 2.24) is 9.88 Å². The van der Waals surface area contributed by atoms with E-state index in [0.29, 0.717) is 5.56 Å². The first kappa shape index (κ1) is 11.2. The molecule has 0 aromatic carbocycles. The first-order valence-corrected chi connectivity index (χ1v) is 4.46. The standard InChI is InChI=1S/C9H14N2O4/c1-6-5-7(12)11(8(6)13)4-3-10-9(14)15-2/h5,12-13H,3-4H2,1-2H3,(H,10,14). The predicted molar refractivity (Wildman–Crippen MR) is 52.9 cm³/mol. The summed E-state index contributed by atoms with van der Waals surface area (Å²) in [6.07, 6.45) is -0.544. The van der Waals surface area contributed by atoms with Crippen LogP contribution in [0.15, 0.2) is 6.07 Å². The SMILES string of the molecule is COC(=O)NCCn1c(O)cc(C)c1O. The van der Waals surface area contributed by atoms with Crippen molar-refractivity contribution in [3.63, 3.8) is 0 Å². The predicted octanol–water partition coefficient (Wildman–Crippen LogP) is 0.564. The average Bonchev–Trinajstić information content (AvgIpc) is 2.44. The van der Waals surface area contributed by atoms with E-state index in [1.807, 2.05) is 0 Å². The molecule has 0 atom stereocenters. The summed E-state index contributed by atoms with van der Waals surface area (Å²) >= 11 is 0. The fraction of sp³-hybridized carbons (Fsp3) is 0.444. The van der Waals surface area contributed by atoms with Crippen LogP contribution in [-0.2, 0) is 11.3 Å². The molecule has 1 aromatic heterocycles. The highest BCUT2D eigenvalue weighted by atomic mass is 16.5. The Morgan fingerprint density at radius 2 is 2.27 bits per heavy atom. The van der Waals surface area contributed by atoms with E-state index in [9.17, 15) is 15.0 Å². The summed E-state index contributed by atoms with van der Waals surface area (Å²) in [5, 5.41) is 21.3. The molecule has 1 heterocycles. The molecule has 0 saturated heterocycles. The van der Waals surface area contributed by atoms with Crippen LogP contribution in [0.2, 0.25) is 0 Å². The number of hydrogen-bond donors (Lipinski definition) is 3. The Morgan fingerprint density at radius 1 is 1.60 bits per heavy atom. The molecule has 6 nitrogen and oxygen atoms in total. The number of aromatic hydroxyl groups is 2. The molecule has 0 saturated carbocycles. The van der Waals surface area contributed by atoms with Gasteiger partial charge in [0.2, 0.25) is 0 Å². The van der Waals surface area contributed by atoms with Crippen LogP contribution in [0.5, 0.6) is 11.8 Å². The number of nitrogens with one attached hydrogen (secondary N) is 1. The van der Waals surface area contributed by atoms with E-state index < -0.39 is 6.09 Å². The minimum absolute atomic E-state index is 0.000772. The molecule has 1 aromatic rings. The van der Waals surface area contributed by atoms with Crippen molar-refractivity contribution in [2.45, 2.75) is 13.5 Å². The first-order chi connectivity index (χ1) is 7.06. The molecular weight excluding hydrogens is 200 g/mol. The molecule has 0 fully saturated rings. The molecule has 0 aliphatic heterocycles. The van der Waals surface area contributed by atoms with E-state index in [2.05, 4.69) is 10.1 Å². The molecule has 0 aliphatic rings. The van der Waals surface area contributed by atoms with Gasteiger partial charge in [-0.2, -0.15) is 0 Å². The number of aromatic nitrogens is 1. The van der Waals surface area contributed by atoms with E-state index in [1.54, 1.807) is 6.92 Å². The highest BCUT2D eigenvalue weighted by Crippen LogP contribution is 2.25. The van der Waals surface area contributed by atoms with Gasteiger partial charge in [-0.25, -0.2) is 4.79 Å². The van der Waals surface area contributed by atoms with E-state index in [1.165, 1.54) is 17.7 Å². The van der Waals surface area contributed by atoms with Gasteiger partial charge in [-0.1, -0.05) is 0 Å². The Balaban J connectivity index is 2.54. The van der Waals surface area contributed by atoms with Crippen molar-refractivity contribution >= 4 is 6.09 Å². The maximum absolute atomic E-state index is 10.7. The van der Waals surface area contributed by atoms with Crippen molar-refractivity contribution in [2.75, 3.05) is 13.7 Å². The Kier molecular flexibility index (Phi) is 3.43. The zero-order valence-corrected chi connectivity index (χ0v) is 8.65. The molecule has 0 aliphatic carbocycles. The van der Waals surface area contributed by atoms with E-state index in [-0.39, 0.29) is 24.8 Å². The fourth-order valence-corrected chi connectivity index (χ4v) is 1.22. The lowest BCUT2D eigenvalue weighted by Gasteiger charge is -2.07. The Labute approximate surface area is 87.1 Å². The second-order valence-corrected chi connectivity index (χ2v) is 3.08. The summed E-state index contributed by atoms with van der Waals surface area (Å²) in [7, 11) is 1.27. The second-order valence-electron chi connectivity index (χ2n) is 3.08. The normalized spacial score (nSPS) is 10.0. The summed E-state index contributed by atoms with van der Waals surface area (Å²) in [6.45, 7) is 2.22. The molecule has 0 unspecified atom stereocenters. The summed E-state index contributed by atoms with van der Waals surface area (Å²) < 4.78 is 5.67. The zero-order valence-electron chi connectivity index (χ0n) is 8.65. The van der Waals surface area contributed by atoms with Gasteiger partial charge >= 0.3 is 6.09 Å². The Morgan fingerprint density at radius 3 is 2.73 bits per heavy atom. The minimum Gasteiger partial charge on any atom is -0.494 e. The summed E-state index contributed by atoms with van der Waals surface area (Å²) in [5.41, 5.74) is 0.588. The largest absolute Gasteiger partial charge is 0.494 e. The van der Waals surface area contributed by atoms with Crippen molar-refractivity contribution < 1.29 is 19.7 Å². The lowest BCUT2D eigenvalue weighted by atomic mass is 10.4. The number of hydrogen-bond acceptors (Lipinski definition) is 4. The first-order valence-electron chi connectivity index (χ1n) is 4.46. The van der Waals surface area contributed by atoms with Gasteiger partial charge in [-0.15, -0.1) is 0 Å². The van der Waals surface area contributed by atoms with Crippen molar-refractivity contribution in [2.24, 2.45) is 0 Å². The van der Waals surface area contributed by atoms with E-state index >= 15 is 0 Å². The van der Waals surface area contributed by atoms with E-state index in [4.69, 9.17) is 0 Å². The third-order valence-corrected chi connectivity index (χ3v) is 2.02. The number of amides is 1. The van der Waals surface area contributed by atoms with Crippen LogP contribution in [0.25, 0.3) is 0 Å². The van der Waals surface area contributed by atoms with Gasteiger partial charge in [0.15, 0.2) is 11.8 Å². The molecule has 84 valence electrons. The maximum atomic E-state index is 10.7. The summed E-state index contributed by atoms with van der Waals surface area (Å²) in [5.74, 6) is -0.0316. The van der Waals surface area contributed by atoms with Gasteiger partial charge in [0, 0.05) is 24.7 Å². The Bertz CT molecular complexity index is 359. The molecular formula is C9H14N2O4. The molecule has 1 rings (SSSR count). The molecule has 6 heteroatoms. The topological polar surface area (TPSA) is 83.7 Å². The minimum atomic E-state index is -0.544. The highest BCUT2D eigenvalue weighted by Gasteiger charge is 2.10. The van der Waals surface area contributed by atoms with Crippen LogP contribution >= 0.6 is 0 Å². The molecule has 3 N–H and O–H groups in total. The molecule has 0 spiro atoms. The van der Waals surface area contributed by atoms with Crippen molar-refractivity contribution in [1.29, 1.82) is 0 Å². The smallest absolute Gasteiger partial charge is 0.406 e. The second kappa shape index (κ2) is 4.59. The number of methoxy groups -OCH3 is 1. The number of carbonyl (C=O) groups excluding carboxylic acids is 1. The third kappa shape index (κ3) is 2.55. The van der Waals surface area contributed by atoms with E-state index in [0.717, 1.165) is 0 Å². The number of aryl methyl sites for hydroxylation is 1. The number of ether oxygens (including phenoxy) is 1. The number of alkyl carbamates (subject to hydrolysis) is 1. The van der Waals surface area contributed by atoms with Gasteiger partial charge in [-0.05, 0) is 6.92 Å². The van der Waals surface area contributed by atoms with Gasteiger partial charge in [-0.3, -0.25) is 4.57 Å². The van der Waals surface area contributed by atoms with Crippen LogP contribution in [0.4, 0.5) is 4.79 Å². The Hall–Kier alpha value is -1.85. The van der Waals surface area contributed by atoms with Crippen LogP contribution in [0.3, 0.4) is 0 Å². The van der Waals surface area contributed by atoms with Crippen molar-refractivity contribution in [3.05, 3.63) is 11.6 Å². The summed E-state index contributed by atoms with van der Waals surface area (Å²) in [4.78, 5) is 10.7. The number of carbonyl (C=O) groups is 1. The lowest BCUT2D eigenvalue weighted by molar-refractivity contribution is 0.170. The maximum Gasteiger partial charge on any atom is 0.406 e. The third-order valence-electron chi connectivity index (χ3n) is 2.02. The summed E-state index contributed by atoms with van der Waals surface area (Å²) in [6, 6.07) is 1.45.